The normalized spacial score (nSPS) is 11.3. The highest BCUT2D eigenvalue weighted by molar-refractivity contribution is 5.68. The van der Waals surface area contributed by atoms with E-state index in [2.05, 4.69) is 0 Å². The van der Waals surface area contributed by atoms with Crippen LogP contribution in [0.5, 0.6) is 0 Å². The molecule has 0 amide bonds. The van der Waals surface area contributed by atoms with Gasteiger partial charge in [-0.2, -0.15) is 0 Å². The average molecular weight is 384 g/mol. The van der Waals surface area contributed by atoms with E-state index < -0.39 is 81.6 Å². The summed E-state index contributed by atoms with van der Waals surface area (Å²) in [5.74, 6) is -16.6. The zero-order valence-electron chi connectivity index (χ0n) is 13.0. The van der Waals surface area contributed by atoms with Crippen LogP contribution < -0.4 is 11.5 Å². The summed E-state index contributed by atoms with van der Waals surface area (Å²) in [4.78, 5) is 0. The van der Waals surface area contributed by atoms with Crippen LogP contribution in [0.1, 0.15) is 11.1 Å². The van der Waals surface area contributed by atoms with Crippen molar-refractivity contribution in [2.75, 3.05) is 13.1 Å². The molecule has 0 heterocycles. The SMILES string of the molecule is NCCc1c(F)c(F)c(-c2c(F)c(F)c(CCN)c(F)c2F)c(F)c1F. The lowest BCUT2D eigenvalue weighted by Gasteiger charge is -2.15. The van der Waals surface area contributed by atoms with E-state index in [4.69, 9.17) is 11.5 Å². The van der Waals surface area contributed by atoms with E-state index in [0.717, 1.165) is 0 Å². The van der Waals surface area contributed by atoms with Crippen LogP contribution in [0.2, 0.25) is 0 Å². The molecule has 0 bridgehead atoms. The molecule has 0 atom stereocenters. The average Bonchev–Trinajstić information content (AvgIpc) is 2.62. The summed E-state index contributed by atoms with van der Waals surface area (Å²) in [6, 6.07) is 0. The maximum atomic E-state index is 14.2. The minimum atomic E-state index is -2.20. The molecule has 142 valence electrons. The molecule has 2 aromatic carbocycles. The quantitative estimate of drug-likeness (QED) is 0.613. The van der Waals surface area contributed by atoms with Crippen molar-refractivity contribution in [3.05, 3.63) is 57.7 Å². The van der Waals surface area contributed by atoms with Crippen molar-refractivity contribution < 1.29 is 35.1 Å². The van der Waals surface area contributed by atoms with Crippen LogP contribution in [0.3, 0.4) is 0 Å². The molecule has 0 radical (unpaired) electrons. The predicted molar refractivity (Wildman–Crippen MR) is 77.1 cm³/mol. The fourth-order valence-electron chi connectivity index (χ4n) is 2.52. The lowest BCUT2D eigenvalue weighted by Crippen LogP contribution is -2.15. The molecular weight excluding hydrogens is 372 g/mol. The Hall–Kier alpha value is -2.20. The maximum Gasteiger partial charge on any atom is 0.170 e. The molecule has 2 rings (SSSR count). The van der Waals surface area contributed by atoms with Crippen molar-refractivity contribution in [2.24, 2.45) is 11.5 Å². The van der Waals surface area contributed by atoms with Gasteiger partial charge in [-0.1, -0.05) is 0 Å². The zero-order chi connectivity index (χ0) is 19.8. The summed E-state index contributed by atoms with van der Waals surface area (Å²) in [5.41, 5.74) is 4.18. The van der Waals surface area contributed by atoms with Gasteiger partial charge in [-0.05, 0) is 25.9 Å². The third-order valence-electron chi connectivity index (χ3n) is 3.75. The third kappa shape index (κ3) is 3.03. The molecule has 0 aliphatic rings. The Labute approximate surface area is 142 Å². The van der Waals surface area contributed by atoms with Gasteiger partial charge in [0.1, 0.15) is 0 Å². The molecule has 0 fully saturated rings. The lowest BCUT2D eigenvalue weighted by molar-refractivity contribution is 0.428. The number of benzene rings is 2. The lowest BCUT2D eigenvalue weighted by atomic mass is 9.96. The molecule has 0 aliphatic heterocycles. The van der Waals surface area contributed by atoms with Gasteiger partial charge in [0.15, 0.2) is 46.5 Å². The monoisotopic (exact) mass is 384 g/mol. The van der Waals surface area contributed by atoms with Gasteiger partial charge in [0.25, 0.3) is 0 Å². The number of hydrogen-bond acceptors (Lipinski definition) is 2. The molecule has 0 saturated carbocycles. The van der Waals surface area contributed by atoms with Gasteiger partial charge in [0.05, 0.1) is 11.1 Å². The smallest absolute Gasteiger partial charge is 0.170 e. The fraction of sp³-hybridized carbons (Fsp3) is 0.250. The molecule has 0 aromatic heterocycles. The minimum Gasteiger partial charge on any atom is -0.330 e. The molecule has 0 spiro atoms. The first-order valence-corrected chi connectivity index (χ1v) is 7.29. The Morgan fingerprint density at radius 3 is 0.846 bits per heavy atom. The van der Waals surface area contributed by atoms with Gasteiger partial charge >= 0.3 is 0 Å². The van der Waals surface area contributed by atoms with Crippen LogP contribution in [-0.2, 0) is 12.8 Å². The molecule has 26 heavy (non-hydrogen) atoms. The van der Waals surface area contributed by atoms with Crippen LogP contribution in [0.25, 0.3) is 11.1 Å². The summed E-state index contributed by atoms with van der Waals surface area (Å²) in [6.45, 7) is -0.766. The maximum absolute atomic E-state index is 14.2. The highest BCUT2D eigenvalue weighted by Crippen LogP contribution is 2.38. The molecule has 0 unspecified atom stereocenters. The molecule has 0 saturated heterocycles. The van der Waals surface area contributed by atoms with Gasteiger partial charge in [0, 0.05) is 11.1 Å². The van der Waals surface area contributed by atoms with Crippen molar-refractivity contribution in [2.45, 2.75) is 12.8 Å². The van der Waals surface area contributed by atoms with Gasteiger partial charge in [0.2, 0.25) is 0 Å². The summed E-state index contributed by atoms with van der Waals surface area (Å²) >= 11 is 0. The number of nitrogens with two attached hydrogens (primary N) is 2. The molecule has 10 heteroatoms. The van der Waals surface area contributed by atoms with E-state index >= 15 is 0 Å². The van der Waals surface area contributed by atoms with Crippen molar-refractivity contribution in [1.82, 2.24) is 0 Å². The fourth-order valence-corrected chi connectivity index (χ4v) is 2.52. The highest BCUT2D eigenvalue weighted by Gasteiger charge is 2.33. The zero-order valence-corrected chi connectivity index (χ0v) is 13.0. The van der Waals surface area contributed by atoms with E-state index in [1.807, 2.05) is 0 Å². The van der Waals surface area contributed by atoms with Crippen LogP contribution >= 0.6 is 0 Å². The Morgan fingerprint density at radius 2 is 0.654 bits per heavy atom. The minimum absolute atomic E-state index is 0.383. The first-order chi connectivity index (χ1) is 12.2. The van der Waals surface area contributed by atoms with Crippen LogP contribution in [0.15, 0.2) is 0 Å². The van der Waals surface area contributed by atoms with E-state index in [1.165, 1.54) is 0 Å². The van der Waals surface area contributed by atoms with E-state index in [0.29, 0.717) is 0 Å². The van der Waals surface area contributed by atoms with Crippen molar-refractivity contribution in [1.29, 1.82) is 0 Å². The Bertz CT molecular complexity index is 737. The molecule has 2 nitrogen and oxygen atoms in total. The summed E-state index contributed by atoms with van der Waals surface area (Å²) in [5, 5.41) is 0. The molecule has 0 aliphatic carbocycles. The Kier molecular flexibility index (Phi) is 5.87. The summed E-state index contributed by atoms with van der Waals surface area (Å²) in [6.07, 6.45) is -1.23. The third-order valence-corrected chi connectivity index (χ3v) is 3.75. The van der Waals surface area contributed by atoms with E-state index in [-0.39, 0.29) is 13.1 Å². The highest BCUT2D eigenvalue weighted by atomic mass is 19.2. The first-order valence-electron chi connectivity index (χ1n) is 7.29. The Morgan fingerprint density at radius 1 is 0.423 bits per heavy atom. The van der Waals surface area contributed by atoms with Crippen LogP contribution in [0.4, 0.5) is 35.1 Å². The van der Waals surface area contributed by atoms with Crippen molar-refractivity contribution in [3.63, 3.8) is 0 Å². The topological polar surface area (TPSA) is 52.0 Å². The second kappa shape index (κ2) is 7.58. The van der Waals surface area contributed by atoms with Gasteiger partial charge in [-0.15, -0.1) is 0 Å². The van der Waals surface area contributed by atoms with Crippen molar-refractivity contribution in [3.8, 4) is 11.1 Å². The number of hydrogen-bond donors (Lipinski definition) is 2. The van der Waals surface area contributed by atoms with Gasteiger partial charge in [-0.3, -0.25) is 0 Å². The predicted octanol–water partition coefficient (Wildman–Crippen LogP) is 3.47. The van der Waals surface area contributed by atoms with E-state index in [9.17, 15) is 35.1 Å². The van der Waals surface area contributed by atoms with Crippen LogP contribution in [0, 0.1) is 46.5 Å². The summed E-state index contributed by atoms with van der Waals surface area (Å²) in [7, 11) is 0. The molecular formula is C16H12F8N2. The van der Waals surface area contributed by atoms with Crippen molar-refractivity contribution >= 4 is 0 Å². The summed E-state index contributed by atoms with van der Waals surface area (Å²) < 4.78 is 112. The number of rotatable bonds is 5. The largest absolute Gasteiger partial charge is 0.330 e. The van der Waals surface area contributed by atoms with Gasteiger partial charge < -0.3 is 11.5 Å². The molecule has 4 N–H and O–H groups in total. The van der Waals surface area contributed by atoms with Gasteiger partial charge in [-0.25, -0.2) is 35.1 Å². The second-order valence-electron chi connectivity index (χ2n) is 5.30. The Balaban J connectivity index is 2.90. The number of halogens is 8. The molecule has 2 aromatic rings. The standard InChI is InChI=1S/C16H12F8N2/c17-9-5(1-3-25)10(18)14(22)7(13(9)21)8-15(23)11(19)6(2-4-26)12(20)16(8)24/h1-4,25-26H2. The first kappa shape index (κ1) is 20.1. The van der Waals surface area contributed by atoms with E-state index in [1.54, 1.807) is 0 Å². The van der Waals surface area contributed by atoms with Crippen LogP contribution in [-0.4, -0.2) is 13.1 Å². The second-order valence-corrected chi connectivity index (χ2v) is 5.30.